The predicted octanol–water partition coefficient (Wildman–Crippen LogP) is 3.60. The van der Waals surface area contributed by atoms with Gasteiger partial charge in [0.05, 0.1) is 12.5 Å². The van der Waals surface area contributed by atoms with E-state index in [4.69, 9.17) is 4.74 Å². The summed E-state index contributed by atoms with van der Waals surface area (Å²) < 4.78 is 5.08. The molecule has 0 aromatic heterocycles. The zero-order valence-corrected chi connectivity index (χ0v) is 14.1. The number of carbonyl (C=O) groups is 2. The molecule has 0 saturated carbocycles. The van der Waals surface area contributed by atoms with Gasteiger partial charge in [0.25, 0.3) is 5.91 Å². The van der Waals surface area contributed by atoms with Crippen LogP contribution in [0.5, 0.6) is 0 Å². The van der Waals surface area contributed by atoms with Crippen LogP contribution in [0, 0.1) is 0 Å². The fourth-order valence-corrected chi connectivity index (χ4v) is 2.46. The highest BCUT2D eigenvalue weighted by Gasteiger charge is 2.15. The summed E-state index contributed by atoms with van der Waals surface area (Å²) in [5.41, 5.74) is 2.09. The highest BCUT2D eigenvalue weighted by atomic mass is 16.5. The lowest BCUT2D eigenvalue weighted by Gasteiger charge is -2.15. The molecule has 0 fully saturated rings. The van der Waals surface area contributed by atoms with Gasteiger partial charge in [-0.1, -0.05) is 67.6 Å². The quantitative estimate of drug-likeness (QED) is 0.791. The maximum atomic E-state index is 11.9. The number of esters is 1. The minimum absolute atomic E-state index is 0.0602. The molecule has 0 aliphatic heterocycles. The largest absolute Gasteiger partial charge is 0.456 e. The molecule has 0 unspecified atom stereocenters. The summed E-state index contributed by atoms with van der Waals surface area (Å²) in [6, 6.07) is 19.3. The van der Waals surface area contributed by atoms with Crippen LogP contribution in [0.2, 0.25) is 0 Å². The van der Waals surface area contributed by atoms with Crippen molar-refractivity contribution < 1.29 is 14.3 Å². The summed E-state index contributed by atoms with van der Waals surface area (Å²) in [5.74, 6) is -0.606. The predicted molar refractivity (Wildman–Crippen MR) is 93.4 cm³/mol. The fourth-order valence-electron chi connectivity index (χ4n) is 2.46. The smallest absolute Gasteiger partial charge is 0.306 e. The Labute approximate surface area is 142 Å². The van der Waals surface area contributed by atoms with E-state index in [1.165, 1.54) is 0 Å². The van der Waals surface area contributed by atoms with E-state index in [9.17, 15) is 9.59 Å². The van der Waals surface area contributed by atoms with E-state index < -0.39 is 0 Å². The fraction of sp³-hybridized carbons (Fsp3) is 0.300. The molecule has 4 nitrogen and oxygen atoms in total. The summed E-state index contributed by atoms with van der Waals surface area (Å²) in [6.45, 7) is 3.61. The Morgan fingerprint density at radius 3 is 2.04 bits per heavy atom. The van der Waals surface area contributed by atoms with Crippen molar-refractivity contribution in [1.82, 2.24) is 5.32 Å². The van der Waals surface area contributed by atoms with Gasteiger partial charge in [-0.15, -0.1) is 0 Å². The van der Waals surface area contributed by atoms with Crippen LogP contribution in [0.4, 0.5) is 0 Å². The lowest BCUT2D eigenvalue weighted by atomic mass is 9.98. The Morgan fingerprint density at radius 2 is 1.46 bits per heavy atom. The molecule has 1 N–H and O–H groups in total. The van der Waals surface area contributed by atoms with Crippen molar-refractivity contribution in [3.05, 3.63) is 71.8 Å². The number of benzene rings is 2. The molecule has 0 radical (unpaired) electrons. The van der Waals surface area contributed by atoms with Gasteiger partial charge in [0.15, 0.2) is 6.61 Å². The van der Waals surface area contributed by atoms with Crippen LogP contribution in [0.25, 0.3) is 0 Å². The van der Waals surface area contributed by atoms with E-state index in [0.717, 1.165) is 11.1 Å². The molecule has 0 aliphatic carbocycles. The molecule has 2 aromatic carbocycles. The van der Waals surface area contributed by atoms with Crippen LogP contribution in [0.15, 0.2) is 60.7 Å². The van der Waals surface area contributed by atoms with Gasteiger partial charge < -0.3 is 10.1 Å². The van der Waals surface area contributed by atoms with E-state index >= 15 is 0 Å². The van der Waals surface area contributed by atoms with Crippen molar-refractivity contribution in [2.75, 3.05) is 6.61 Å². The van der Waals surface area contributed by atoms with E-state index in [0.29, 0.717) is 0 Å². The molecule has 24 heavy (non-hydrogen) atoms. The lowest BCUT2D eigenvalue weighted by Crippen LogP contribution is -2.31. The molecule has 1 amide bonds. The highest BCUT2D eigenvalue weighted by molar-refractivity contribution is 5.81. The summed E-state index contributed by atoms with van der Waals surface area (Å²) in [7, 11) is 0. The van der Waals surface area contributed by atoms with Gasteiger partial charge in [-0.3, -0.25) is 9.59 Å². The molecular formula is C20H23NO3. The third kappa shape index (κ3) is 5.54. The molecule has 0 heterocycles. The molecular weight excluding hydrogens is 302 g/mol. The highest BCUT2D eigenvalue weighted by Crippen LogP contribution is 2.18. The summed E-state index contributed by atoms with van der Waals surface area (Å²) in [4.78, 5) is 23.8. The molecule has 2 aromatic rings. The van der Waals surface area contributed by atoms with Crippen molar-refractivity contribution >= 4 is 11.9 Å². The van der Waals surface area contributed by atoms with Crippen molar-refractivity contribution in [2.24, 2.45) is 0 Å². The van der Waals surface area contributed by atoms with E-state index in [-0.39, 0.29) is 36.9 Å². The summed E-state index contributed by atoms with van der Waals surface area (Å²) >= 11 is 0. The summed E-state index contributed by atoms with van der Waals surface area (Å²) in [6.07, 6.45) is 0.255. The standard InChI is InChI=1S/C20H23NO3/c1-15(17-9-5-3-6-10-17)13-20(23)24-14-19(22)21-16(2)18-11-7-4-8-12-18/h3-12,15-16H,13-14H2,1-2H3,(H,21,22)/t15-,16-/m0/s1. The first-order valence-corrected chi connectivity index (χ1v) is 8.11. The van der Waals surface area contributed by atoms with Crippen LogP contribution in [-0.2, 0) is 14.3 Å². The van der Waals surface area contributed by atoms with Crippen molar-refractivity contribution in [1.29, 1.82) is 0 Å². The first kappa shape index (κ1) is 17.7. The van der Waals surface area contributed by atoms with Crippen LogP contribution >= 0.6 is 0 Å². The van der Waals surface area contributed by atoms with Gasteiger partial charge in [0.1, 0.15) is 0 Å². The topological polar surface area (TPSA) is 55.4 Å². The normalized spacial score (nSPS) is 12.9. The lowest BCUT2D eigenvalue weighted by molar-refractivity contribution is -0.149. The molecule has 0 bridgehead atoms. The first-order chi connectivity index (χ1) is 11.6. The second kappa shape index (κ2) is 8.87. The van der Waals surface area contributed by atoms with Crippen molar-refractivity contribution in [3.63, 3.8) is 0 Å². The Morgan fingerprint density at radius 1 is 0.917 bits per heavy atom. The third-order valence-electron chi connectivity index (χ3n) is 3.88. The van der Waals surface area contributed by atoms with E-state index in [2.05, 4.69) is 5.32 Å². The van der Waals surface area contributed by atoms with Crippen molar-refractivity contribution in [2.45, 2.75) is 32.2 Å². The van der Waals surface area contributed by atoms with Gasteiger partial charge in [-0.05, 0) is 24.0 Å². The van der Waals surface area contributed by atoms with Crippen molar-refractivity contribution in [3.8, 4) is 0 Å². The zero-order chi connectivity index (χ0) is 17.4. The average molecular weight is 325 g/mol. The van der Waals surface area contributed by atoms with Gasteiger partial charge in [-0.2, -0.15) is 0 Å². The van der Waals surface area contributed by atoms with Crippen LogP contribution in [0.1, 0.15) is 43.4 Å². The number of carbonyl (C=O) groups excluding carboxylic acids is 2. The second-order valence-electron chi connectivity index (χ2n) is 5.88. The Bertz CT molecular complexity index is 596. The molecule has 4 heteroatoms. The monoisotopic (exact) mass is 325 g/mol. The SMILES string of the molecule is C[C@H](NC(=O)COC(=O)C[C@H](C)c1ccccc1)c1ccccc1. The summed E-state index contributed by atoms with van der Waals surface area (Å²) in [5, 5.41) is 2.82. The van der Waals surface area contributed by atoms with Gasteiger partial charge in [0, 0.05) is 0 Å². The molecule has 0 aliphatic rings. The number of rotatable bonds is 7. The number of nitrogens with one attached hydrogen (secondary N) is 1. The molecule has 2 atom stereocenters. The number of hydrogen-bond donors (Lipinski definition) is 1. The molecule has 0 spiro atoms. The number of ether oxygens (including phenoxy) is 1. The number of amides is 1. The number of hydrogen-bond acceptors (Lipinski definition) is 3. The zero-order valence-electron chi connectivity index (χ0n) is 14.1. The van der Waals surface area contributed by atoms with Crippen LogP contribution < -0.4 is 5.32 Å². The van der Waals surface area contributed by atoms with Gasteiger partial charge >= 0.3 is 5.97 Å². The minimum Gasteiger partial charge on any atom is -0.456 e. The maximum absolute atomic E-state index is 11.9. The minimum atomic E-state index is -0.367. The second-order valence-corrected chi connectivity index (χ2v) is 5.88. The van der Waals surface area contributed by atoms with Crippen LogP contribution in [-0.4, -0.2) is 18.5 Å². The Kier molecular flexibility index (Phi) is 6.55. The van der Waals surface area contributed by atoms with Gasteiger partial charge in [-0.25, -0.2) is 0 Å². The van der Waals surface area contributed by atoms with E-state index in [1.54, 1.807) is 0 Å². The molecule has 126 valence electrons. The third-order valence-corrected chi connectivity index (χ3v) is 3.88. The Balaban J connectivity index is 1.74. The molecule has 2 rings (SSSR count). The Hall–Kier alpha value is -2.62. The average Bonchev–Trinajstić information content (AvgIpc) is 2.61. The van der Waals surface area contributed by atoms with Crippen LogP contribution in [0.3, 0.4) is 0 Å². The molecule has 0 saturated heterocycles. The first-order valence-electron chi connectivity index (χ1n) is 8.11. The maximum Gasteiger partial charge on any atom is 0.306 e. The van der Waals surface area contributed by atoms with Gasteiger partial charge in [0.2, 0.25) is 0 Å². The van der Waals surface area contributed by atoms with E-state index in [1.807, 2.05) is 74.5 Å².